The van der Waals surface area contributed by atoms with Crippen molar-refractivity contribution in [2.75, 3.05) is 11.5 Å². The third kappa shape index (κ3) is 3.63. The van der Waals surface area contributed by atoms with E-state index in [1.54, 1.807) is 0 Å². The number of hydrogen-bond donors (Lipinski definition) is 2. The van der Waals surface area contributed by atoms with Gasteiger partial charge in [0.1, 0.15) is 34.2 Å². The SMILES string of the molecule is CC1CCC2C(C)(C)C2(Oc2cc(Oc3ccc(N)c(OC45CC(C)CCC4C5(C)C)c3)ccc2N)C1. The lowest BCUT2D eigenvalue weighted by Crippen LogP contribution is -2.31. The lowest BCUT2D eigenvalue weighted by Gasteiger charge is -2.30. The molecule has 37 heavy (non-hydrogen) atoms. The molecule has 4 N–H and O–H groups in total. The van der Waals surface area contributed by atoms with Crippen LogP contribution in [-0.2, 0) is 0 Å². The number of nitrogen functional groups attached to an aromatic ring is 2. The van der Waals surface area contributed by atoms with E-state index in [1.807, 2.05) is 36.4 Å². The van der Waals surface area contributed by atoms with Gasteiger partial charge in [-0.05, 0) is 61.8 Å². The molecule has 4 aliphatic rings. The Labute approximate surface area is 222 Å². The highest BCUT2D eigenvalue weighted by Crippen LogP contribution is 2.72. The van der Waals surface area contributed by atoms with Gasteiger partial charge in [-0.15, -0.1) is 0 Å². The fourth-order valence-electron chi connectivity index (χ4n) is 8.34. The number of nitrogens with two attached hydrogens (primary N) is 2. The number of ether oxygens (including phenoxy) is 3. The van der Waals surface area contributed by atoms with Crippen molar-refractivity contribution >= 4 is 11.4 Å². The van der Waals surface area contributed by atoms with Gasteiger partial charge in [-0.3, -0.25) is 0 Å². The zero-order valence-corrected chi connectivity index (χ0v) is 23.4. The van der Waals surface area contributed by atoms with Crippen LogP contribution in [0.3, 0.4) is 0 Å². The van der Waals surface area contributed by atoms with Crippen LogP contribution in [-0.4, -0.2) is 11.2 Å². The molecule has 0 saturated heterocycles. The molecule has 0 bridgehead atoms. The topological polar surface area (TPSA) is 79.7 Å². The van der Waals surface area contributed by atoms with Crippen LogP contribution < -0.4 is 25.7 Å². The summed E-state index contributed by atoms with van der Waals surface area (Å²) in [4.78, 5) is 0. The van der Waals surface area contributed by atoms with E-state index in [4.69, 9.17) is 25.7 Å². The number of anilines is 2. The number of benzene rings is 2. The number of rotatable bonds is 6. The summed E-state index contributed by atoms with van der Waals surface area (Å²) in [5.41, 5.74) is 14.1. The Morgan fingerprint density at radius 3 is 1.46 bits per heavy atom. The summed E-state index contributed by atoms with van der Waals surface area (Å²) < 4.78 is 19.8. The fourth-order valence-corrected chi connectivity index (χ4v) is 8.34. The zero-order valence-electron chi connectivity index (χ0n) is 23.4. The minimum Gasteiger partial charge on any atom is -0.484 e. The van der Waals surface area contributed by atoms with Crippen LogP contribution in [0.5, 0.6) is 23.0 Å². The quantitative estimate of drug-likeness (QED) is 0.392. The van der Waals surface area contributed by atoms with E-state index >= 15 is 0 Å². The van der Waals surface area contributed by atoms with Crippen molar-refractivity contribution in [3.05, 3.63) is 36.4 Å². The second-order valence-electron chi connectivity index (χ2n) is 13.8. The lowest BCUT2D eigenvalue weighted by molar-refractivity contribution is 0.0852. The van der Waals surface area contributed by atoms with Crippen molar-refractivity contribution in [3.63, 3.8) is 0 Å². The van der Waals surface area contributed by atoms with E-state index in [2.05, 4.69) is 41.5 Å². The number of hydrogen-bond acceptors (Lipinski definition) is 5. The molecule has 0 aliphatic heterocycles. The van der Waals surface area contributed by atoms with Crippen molar-refractivity contribution in [2.24, 2.45) is 34.5 Å². The Kier molecular flexibility index (Phi) is 5.33. The molecule has 200 valence electrons. The van der Waals surface area contributed by atoms with Gasteiger partial charge in [0, 0.05) is 34.8 Å². The standard InChI is InChI=1S/C32H44N2O3/c1-19-7-13-27-29(3,4)31(27,17-19)36-25-15-21(9-11-23(25)33)35-22-10-12-24(34)26(16-22)37-32-18-20(2)8-14-28(32)30(32,5)6/h9-12,15-16,19-20,27-28H,7-8,13-14,17-18,33-34H2,1-6H3. The van der Waals surface area contributed by atoms with Gasteiger partial charge in [0.15, 0.2) is 0 Å². The van der Waals surface area contributed by atoms with E-state index in [0.717, 1.165) is 12.8 Å². The first-order valence-electron chi connectivity index (χ1n) is 14.2. The third-order valence-electron chi connectivity index (χ3n) is 10.9. The molecular formula is C32H44N2O3. The molecule has 4 fully saturated rings. The van der Waals surface area contributed by atoms with E-state index in [1.165, 1.54) is 25.7 Å². The second kappa shape index (κ2) is 7.97. The van der Waals surface area contributed by atoms with Crippen LogP contribution in [0.4, 0.5) is 11.4 Å². The van der Waals surface area contributed by atoms with Crippen molar-refractivity contribution in [1.82, 2.24) is 0 Å². The number of fused-ring (bicyclic) bond motifs is 2. The van der Waals surface area contributed by atoms with E-state index in [9.17, 15) is 0 Å². The van der Waals surface area contributed by atoms with Crippen molar-refractivity contribution in [1.29, 1.82) is 0 Å². The maximum atomic E-state index is 6.76. The normalized spacial score (nSPS) is 36.6. The Morgan fingerprint density at radius 1 is 0.649 bits per heavy atom. The average molecular weight is 505 g/mol. The lowest BCUT2D eigenvalue weighted by atomic mass is 9.88. The van der Waals surface area contributed by atoms with Crippen molar-refractivity contribution in [3.8, 4) is 23.0 Å². The van der Waals surface area contributed by atoms with Gasteiger partial charge in [-0.2, -0.15) is 0 Å². The van der Waals surface area contributed by atoms with E-state index in [0.29, 0.717) is 58.0 Å². The summed E-state index contributed by atoms with van der Waals surface area (Å²) >= 11 is 0. The predicted molar refractivity (Wildman–Crippen MR) is 149 cm³/mol. The summed E-state index contributed by atoms with van der Waals surface area (Å²) in [6, 6.07) is 11.4. The molecule has 2 aromatic carbocycles. The van der Waals surface area contributed by atoms with Crippen molar-refractivity contribution < 1.29 is 14.2 Å². The zero-order chi connectivity index (χ0) is 26.4. The van der Waals surface area contributed by atoms with Gasteiger partial charge in [-0.25, -0.2) is 0 Å². The molecule has 0 aromatic heterocycles. The Balaban J connectivity index is 1.22. The fraction of sp³-hybridized carbons (Fsp3) is 0.625. The minimum absolute atomic E-state index is 0.135. The van der Waals surface area contributed by atoms with Crippen LogP contribution in [0, 0.1) is 34.5 Å². The van der Waals surface area contributed by atoms with Crippen LogP contribution in [0.2, 0.25) is 0 Å². The van der Waals surface area contributed by atoms with E-state index < -0.39 is 0 Å². The molecule has 0 amide bonds. The van der Waals surface area contributed by atoms with Gasteiger partial charge in [0.25, 0.3) is 0 Å². The first kappa shape index (κ1) is 24.8. The molecule has 5 nitrogen and oxygen atoms in total. The Bertz CT molecular complexity index is 1130. The molecule has 0 heterocycles. The molecule has 5 heteroatoms. The van der Waals surface area contributed by atoms with E-state index in [-0.39, 0.29) is 22.0 Å². The monoisotopic (exact) mass is 504 g/mol. The smallest absolute Gasteiger partial charge is 0.146 e. The van der Waals surface area contributed by atoms with Gasteiger partial charge in [0.05, 0.1) is 11.4 Å². The van der Waals surface area contributed by atoms with Crippen LogP contribution in [0.1, 0.15) is 80.1 Å². The summed E-state index contributed by atoms with van der Waals surface area (Å²) in [6.07, 6.45) is 7.14. The summed E-state index contributed by atoms with van der Waals surface area (Å²) in [7, 11) is 0. The predicted octanol–water partition coefficient (Wildman–Crippen LogP) is 7.83. The molecule has 0 radical (unpaired) electrons. The summed E-state index contributed by atoms with van der Waals surface area (Å²) in [5.74, 6) is 5.31. The molecule has 6 unspecified atom stereocenters. The summed E-state index contributed by atoms with van der Waals surface area (Å²) in [5, 5.41) is 0. The van der Waals surface area contributed by atoms with Gasteiger partial charge in [0.2, 0.25) is 0 Å². The first-order chi connectivity index (χ1) is 17.4. The molecule has 4 saturated carbocycles. The average Bonchev–Trinajstić information content (AvgIpc) is 3.51. The third-order valence-corrected chi connectivity index (χ3v) is 10.9. The van der Waals surface area contributed by atoms with Crippen LogP contribution in [0.25, 0.3) is 0 Å². The highest BCUT2D eigenvalue weighted by atomic mass is 16.5. The van der Waals surface area contributed by atoms with Gasteiger partial charge >= 0.3 is 0 Å². The molecule has 0 spiro atoms. The van der Waals surface area contributed by atoms with Crippen LogP contribution in [0.15, 0.2) is 36.4 Å². The maximum absolute atomic E-state index is 6.76. The first-order valence-corrected chi connectivity index (χ1v) is 14.2. The largest absolute Gasteiger partial charge is 0.484 e. The van der Waals surface area contributed by atoms with Gasteiger partial charge in [-0.1, -0.05) is 54.4 Å². The molecule has 6 rings (SSSR count). The highest BCUT2D eigenvalue weighted by molar-refractivity contribution is 5.59. The van der Waals surface area contributed by atoms with Crippen molar-refractivity contribution in [2.45, 2.75) is 91.3 Å². The summed E-state index contributed by atoms with van der Waals surface area (Å²) in [6.45, 7) is 14.0. The maximum Gasteiger partial charge on any atom is 0.146 e. The molecular weight excluding hydrogens is 460 g/mol. The Hall–Kier alpha value is -2.56. The minimum atomic E-state index is -0.135. The van der Waals surface area contributed by atoms with Crippen LogP contribution >= 0.6 is 0 Å². The Morgan fingerprint density at radius 2 is 1.05 bits per heavy atom. The second-order valence-corrected chi connectivity index (χ2v) is 13.8. The highest BCUT2D eigenvalue weighted by Gasteiger charge is 2.75. The van der Waals surface area contributed by atoms with Gasteiger partial charge < -0.3 is 25.7 Å². The molecule has 6 atom stereocenters. The molecule has 2 aromatic rings. The molecule has 4 aliphatic carbocycles.